The summed E-state index contributed by atoms with van der Waals surface area (Å²) in [6.45, 7) is 0.346. The van der Waals surface area contributed by atoms with Crippen molar-refractivity contribution in [3.05, 3.63) is 22.4 Å². The third-order valence-corrected chi connectivity index (χ3v) is 2.76. The van der Waals surface area contributed by atoms with E-state index in [-0.39, 0.29) is 11.8 Å². The standard InChI is InChI=1S/C11H16BrN3O2/c1-14(2)10(16)4-5-13-11(17)9-6-8(12)7-15(9)3/h6-7H,4-5H2,1-3H3,(H,13,17). The molecule has 1 rings (SSSR count). The summed E-state index contributed by atoms with van der Waals surface area (Å²) in [6, 6.07) is 1.74. The van der Waals surface area contributed by atoms with E-state index in [1.807, 2.05) is 0 Å². The minimum atomic E-state index is -0.176. The predicted molar refractivity (Wildman–Crippen MR) is 68.8 cm³/mol. The highest BCUT2D eigenvalue weighted by Crippen LogP contribution is 2.13. The van der Waals surface area contributed by atoms with E-state index in [9.17, 15) is 9.59 Å². The van der Waals surface area contributed by atoms with Crippen molar-refractivity contribution in [3.8, 4) is 0 Å². The molecular weight excluding hydrogens is 286 g/mol. The first-order chi connectivity index (χ1) is 7.91. The lowest BCUT2D eigenvalue weighted by Crippen LogP contribution is -2.31. The Morgan fingerprint density at radius 2 is 2.12 bits per heavy atom. The van der Waals surface area contributed by atoms with E-state index in [0.717, 1.165) is 4.47 Å². The highest BCUT2D eigenvalue weighted by atomic mass is 79.9. The summed E-state index contributed by atoms with van der Waals surface area (Å²) < 4.78 is 2.59. The lowest BCUT2D eigenvalue weighted by atomic mass is 10.3. The molecule has 0 aromatic carbocycles. The van der Waals surface area contributed by atoms with Crippen molar-refractivity contribution in [1.29, 1.82) is 0 Å². The first-order valence-electron chi connectivity index (χ1n) is 5.22. The zero-order valence-corrected chi connectivity index (χ0v) is 11.7. The molecule has 0 aliphatic carbocycles. The van der Waals surface area contributed by atoms with Crippen molar-refractivity contribution in [2.45, 2.75) is 6.42 Å². The van der Waals surface area contributed by atoms with Gasteiger partial charge in [0.25, 0.3) is 5.91 Å². The molecule has 1 aromatic heterocycles. The molecular formula is C11H16BrN3O2. The molecule has 17 heavy (non-hydrogen) atoms. The van der Waals surface area contributed by atoms with Gasteiger partial charge in [0.05, 0.1) is 0 Å². The molecule has 94 valence electrons. The van der Waals surface area contributed by atoms with Crippen LogP contribution >= 0.6 is 15.9 Å². The van der Waals surface area contributed by atoms with Crippen LogP contribution in [-0.4, -0.2) is 41.9 Å². The molecule has 0 saturated heterocycles. The van der Waals surface area contributed by atoms with Crippen molar-refractivity contribution >= 4 is 27.7 Å². The number of hydrogen-bond acceptors (Lipinski definition) is 2. The van der Waals surface area contributed by atoms with E-state index >= 15 is 0 Å². The lowest BCUT2D eigenvalue weighted by Gasteiger charge is -2.10. The van der Waals surface area contributed by atoms with Crippen LogP contribution in [0.15, 0.2) is 16.7 Å². The SMILES string of the molecule is CN(C)C(=O)CCNC(=O)c1cc(Br)cn1C. The molecule has 6 heteroatoms. The topological polar surface area (TPSA) is 54.3 Å². The fourth-order valence-corrected chi connectivity index (χ4v) is 1.87. The summed E-state index contributed by atoms with van der Waals surface area (Å²) in [7, 11) is 5.18. The highest BCUT2D eigenvalue weighted by molar-refractivity contribution is 9.10. The Labute approximate surface area is 109 Å². The van der Waals surface area contributed by atoms with Crippen molar-refractivity contribution in [2.75, 3.05) is 20.6 Å². The smallest absolute Gasteiger partial charge is 0.267 e. The molecule has 1 aromatic rings. The fraction of sp³-hybridized carbons (Fsp3) is 0.455. The first-order valence-corrected chi connectivity index (χ1v) is 6.01. The van der Waals surface area contributed by atoms with Gasteiger partial charge in [-0.1, -0.05) is 0 Å². The van der Waals surface area contributed by atoms with E-state index in [1.54, 1.807) is 38.0 Å². The van der Waals surface area contributed by atoms with Crippen LogP contribution in [-0.2, 0) is 11.8 Å². The van der Waals surface area contributed by atoms with Crippen LogP contribution in [0.1, 0.15) is 16.9 Å². The average molecular weight is 302 g/mol. The summed E-state index contributed by atoms with van der Waals surface area (Å²) >= 11 is 3.30. The van der Waals surface area contributed by atoms with Gasteiger partial charge in [-0.25, -0.2) is 0 Å². The highest BCUT2D eigenvalue weighted by Gasteiger charge is 2.11. The summed E-state index contributed by atoms with van der Waals surface area (Å²) in [5.41, 5.74) is 0.564. The molecule has 0 atom stereocenters. The predicted octanol–water partition coefficient (Wildman–Crippen LogP) is 0.996. The molecule has 0 spiro atoms. The minimum absolute atomic E-state index is 0.00152. The zero-order chi connectivity index (χ0) is 13.0. The van der Waals surface area contributed by atoms with Crippen LogP contribution in [0.4, 0.5) is 0 Å². The number of nitrogens with zero attached hydrogens (tertiary/aromatic N) is 2. The van der Waals surface area contributed by atoms with Gasteiger partial charge in [0, 0.05) is 44.8 Å². The molecule has 5 nitrogen and oxygen atoms in total. The Kier molecular flexibility index (Phi) is 4.74. The largest absolute Gasteiger partial charge is 0.350 e. The van der Waals surface area contributed by atoms with Crippen molar-refractivity contribution in [1.82, 2.24) is 14.8 Å². The number of carbonyl (C=O) groups excluding carboxylic acids is 2. The minimum Gasteiger partial charge on any atom is -0.350 e. The maximum Gasteiger partial charge on any atom is 0.267 e. The fourth-order valence-electron chi connectivity index (χ4n) is 1.35. The van der Waals surface area contributed by atoms with Gasteiger partial charge in [0.1, 0.15) is 5.69 Å². The summed E-state index contributed by atoms with van der Waals surface area (Å²) in [4.78, 5) is 24.6. The van der Waals surface area contributed by atoms with E-state index in [1.165, 1.54) is 4.90 Å². The van der Waals surface area contributed by atoms with Crippen LogP contribution < -0.4 is 5.32 Å². The number of hydrogen-bond donors (Lipinski definition) is 1. The van der Waals surface area contributed by atoms with Gasteiger partial charge in [-0.2, -0.15) is 0 Å². The summed E-state index contributed by atoms with van der Waals surface area (Å²) in [5.74, 6) is -0.178. The Morgan fingerprint density at radius 1 is 1.47 bits per heavy atom. The van der Waals surface area contributed by atoms with E-state index in [0.29, 0.717) is 18.7 Å². The monoisotopic (exact) mass is 301 g/mol. The van der Waals surface area contributed by atoms with Crippen molar-refractivity contribution in [2.24, 2.45) is 7.05 Å². The number of aromatic nitrogens is 1. The second-order valence-electron chi connectivity index (χ2n) is 3.95. The molecule has 0 aliphatic rings. The van der Waals surface area contributed by atoms with Crippen molar-refractivity contribution in [3.63, 3.8) is 0 Å². The van der Waals surface area contributed by atoms with Gasteiger partial charge in [-0.3, -0.25) is 9.59 Å². The maximum atomic E-state index is 11.8. The Hall–Kier alpha value is -1.30. The Balaban J connectivity index is 2.46. The van der Waals surface area contributed by atoms with Gasteiger partial charge < -0.3 is 14.8 Å². The molecule has 1 heterocycles. The van der Waals surface area contributed by atoms with Gasteiger partial charge in [0.15, 0.2) is 0 Å². The summed E-state index contributed by atoms with van der Waals surface area (Å²) in [5, 5.41) is 2.71. The quantitative estimate of drug-likeness (QED) is 0.902. The molecule has 0 aliphatic heterocycles. The Bertz CT molecular complexity index is 426. The molecule has 0 fully saturated rings. The maximum absolute atomic E-state index is 11.8. The zero-order valence-electron chi connectivity index (χ0n) is 10.2. The van der Waals surface area contributed by atoms with Crippen LogP contribution in [0.5, 0.6) is 0 Å². The molecule has 1 N–H and O–H groups in total. The molecule has 2 amide bonds. The number of aryl methyl sites for hydroxylation is 1. The number of halogens is 1. The average Bonchev–Trinajstić information content (AvgIpc) is 2.57. The van der Waals surface area contributed by atoms with Crippen LogP contribution in [0.3, 0.4) is 0 Å². The van der Waals surface area contributed by atoms with Gasteiger partial charge in [0.2, 0.25) is 5.91 Å². The Morgan fingerprint density at radius 3 is 2.59 bits per heavy atom. The second-order valence-corrected chi connectivity index (χ2v) is 4.86. The van der Waals surface area contributed by atoms with Crippen molar-refractivity contribution < 1.29 is 9.59 Å². The van der Waals surface area contributed by atoms with E-state index < -0.39 is 0 Å². The lowest BCUT2D eigenvalue weighted by molar-refractivity contribution is -0.128. The summed E-state index contributed by atoms with van der Waals surface area (Å²) in [6.07, 6.45) is 2.12. The first kappa shape index (κ1) is 13.8. The third-order valence-electron chi connectivity index (χ3n) is 2.33. The number of carbonyl (C=O) groups is 2. The number of nitrogens with one attached hydrogen (secondary N) is 1. The van der Waals surface area contributed by atoms with E-state index in [4.69, 9.17) is 0 Å². The molecule has 0 bridgehead atoms. The van der Waals surface area contributed by atoms with Gasteiger partial charge in [-0.05, 0) is 22.0 Å². The number of rotatable bonds is 4. The molecule has 0 saturated carbocycles. The van der Waals surface area contributed by atoms with Gasteiger partial charge >= 0.3 is 0 Å². The van der Waals surface area contributed by atoms with E-state index in [2.05, 4.69) is 21.2 Å². The second kappa shape index (κ2) is 5.86. The molecule has 0 unspecified atom stereocenters. The normalized spacial score (nSPS) is 10.1. The number of amides is 2. The van der Waals surface area contributed by atoms with Gasteiger partial charge in [-0.15, -0.1) is 0 Å². The molecule has 0 radical (unpaired) electrons. The van der Waals surface area contributed by atoms with Crippen LogP contribution in [0.25, 0.3) is 0 Å². The third kappa shape index (κ3) is 3.89. The van der Waals surface area contributed by atoms with Crippen LogP contribution in [0, 0.1) is 0 Å². The van der Waals surface area contributed by atoms with Crippen LogP contribution in [0.2, 0.25) is 0 Å².